The highest BCUT2D eigenvalue weighted by molar-refractivity contribution is 9.10. The third kappa shape index (κ3) is 4.00. The fourth-order valence-electron chi connectivity index (χ4n) is 2.50. The van der Waals surface area contributed by atoms with Crippen molar-refractivity contribution >= 4 is 27.5 Å². The van der Waals surface area contributed by atoms with Crippen molar-refractivity contribution in [3.05, 3.63) is 28.2 Å². The van der Waals surface area contributed by atoms with Gasteiger partial charge in [-0.3, -0.25) is 4.79 Å². The number of carbonyl (C=O) groups excluding carboxylic acids is 1. The average Bonchev–Trinajstić information content (AvgIpc) is 2.84. The summed E-state index contributed by atoms with van der Waals surface area (Å²) in [4.78, 5) is 11.7. The molecule has 1 aliphatic carbocycles. The van der Waals surface area contributed by atoms with Crippen LogP contribution in [0.2, 0.25) is 0 Å². The van der Waals surface area contributed by atoms with Crippen LogP contribution in [0, 0.1) is 17.6 Å². The molecule has 1 N–H and O–H groups in total. The second kappa shape index (κ2) is 6.46. The molecule has 0 radical (unpaired) electrons. The van der Waals surface area contributed by atoms with Gasteiger partial charge in [-0.05, 0) is 24.5 Å². The van der Waals surface area contributed by atoms with E-state index in [1.54, 1.807) is 0 Å². The first-order valence-corrected chi connectivity index (χ1v) is 7.30. The quantitative estimate of drug-likeness (QED) is 0.855. The Morgan fingerprint density at radius 1 is 1.26 bits per heavy atom. The van der Waals surface area contributed by atoms with Crippen molar-refractivity contribution in [1.82, 2.24) is 0 Å². The normalized spacial score (nSPS) is 15.7. The molecule has 1 amide bonds. The van der Waals surface area contributed by atoms with Gasteiger partial charge in [0.1, 0.15) is 5.69 Å². The van der Waals surface area contributed by atoms with Crippen molar-refractivity contribution in [2.45, 2.75) is 38.5 Å². The van der Waals surface area contributed by atoms with Gasteiger partial charge >= 0.3 is 0 Å². The molecular weight excluding hydrogens is 316 g/mol. The summed E-state index contributed by atoms with van der Waals surface area (Å²) in [5.41, 5.74) is -0.361. The maximum absolute atomic E-state index is 13.5. The highest BCUT2D eigenvalue weighted by Crippen LogP contribution is 2.29. The lowest BCUT2D eigenvalue weighted by atomic mass is 10.0. The summed E-state index contributed by atoms with van der Waals surface area (Å²) in [5, 5.41) is 2.32. The van der Waals surface area contributed by atoms with E-state index in [1.807, 2.05) is 0 Å². The van der Waals surface area contributed by atoms with E-state index in [0.717, 1.165) is 31.4 Å². The van der Waals surface area contributed by atoms with Gasteiger partial charge < -0.3 is 5.32 Å². The zero-order valence-electron chi connectivity index (χ0n) is 10.5. The van der Waals surface area contributed by atoms with Gasteiger partial charge in [-0.1, -0.05) is 41.6 Å². The molecule has 1 saturated carbocycles. The van der Waals surface area contributed by atoms with Gasteiger partial charge in [-0.2, -0.15) is 0 Å². The number of hydrogen-bond donors (Lipinski definition) is 1. The fraction of sp³-hybridized carbons (Fsp3) is 0.500. The molecule has 1 fully saturated rings. The van der Waals surface area contributed by atoms with E-state index in [0.29, 0.717) is 16.8 Å². The van der Waals surface area contributed by atoms with Gasteiger partial charge in [-0.25, -0.2) is 8.78 Å². The number of nitrogens with one attached hydrogen (secondary N) is 1. The average molecular weight is 332 g/mol. The second-order valence-corrected chi connectivity index (χ2v) is 5.90. The molecule has 0 aromatic heterocycles. The molecule has 1 aromatic rings. The Kier molecular flexibility index (Phi) is 4.91. The van der Waals surface area contributed by atoms with E-state index in [9.17, 15) is 13.6 Å². The minimum absolute atomic E-state index is 0.312. The van der Waals surface area contributed by atoms with Crippen LogP contribution in [-0.2, 0) is 4.79 Å². The molecule has 0 atom stereocenters. The van der Waals surface area contributed by atoms with E-state index in [-0.39, 0.29) is 11.6 Å². The van der Waals surface area contributed by atoms with Crippen molar-refractivity contribution in [2.24, 2.45) is 5.92 Å². The zero-order valence-corrected chi connectivity index (χ0v) is 12.1. The van der Waals surface area contributed by atoms with Crippen LogP contribution in [0.1, 0.15) is 38.5 Å². The molecule has 19 heavy (non-hydrogen) atoms. The first kappa shape index (κ1) is 14.4. The summed E-state index contributed by atoms with van der Waals surface area (Å²) in [7, 11) is 0. The minimum atomic E-state index is -0.763. The smallest absolute Gasteiger partial charge is 0.224 e. The third-order valence-corrected chi connectivity index (χ3v) is 3.98. The van der Waals surface area contributed by atoms with Crippen LogP contribution in [0.4, 0.5) is 14.5 Å². The topological polar surface area (TPSA) is 29.1 Å². The van der Waals surface area contributed by atoms with Gasteiger partial charge in [0.15, 0.2) is 11.6 Å². The maximum Gasteiger partial charge on any atom is 0.224 e. The lowest BCUT2D eigenvalue weighted by Crippen LogP contribution is -2.15. The number of rotatable bonds is 4. The van der Waals surface area contributed by atoms with Crippen LogP contribution < -0.4 is 5.32 Å². The summed E-state index contributed by atoms with van der Waals surface area (Å²) < 4.78 is 27.4. The minimum Gasteiger partial charge on any atom is -0.321 e. The van der Waals surface area contributed by atoms with Gasteiger partial charge in [0.05, 0.1) is 0 Å². The van der Waals surface area contributed by atoms with Crippen LogP contribution in [-0.4, -0.2) is 5.91 Å². The Morgan fingerprint density at radius 2 is 1.84 bits per heavy atom. The molecule has 0 spiro atoms. The van der Waals surface area contributed by atoms with Crippen LogP contribution in [0.25, 0.3) is 0 Å². The molecule has 0 aliphatic heterocycles. The summed E-state index contributed by atoms with van der Waals surface area (Å²) in [6.07, 6.45) is 5.89. The Bertz CT molecular complexity index is 450. The standard InChI is InChI=1S/C14H16BrF2NO/c15-10-7-11(16)14(12(17)8-10)18-13(19)6-5-9-3-1-2-4-9/h7-9H,1-6H2,(H,18,19). The van der Waals surface area contributed by atoms with Crippen LogP contribution in [0.5, 0.6) is 0 Å². The maximum atomic E-state index is 13.5. The second-order valence-electron chi connectivity index (χ2n) is 4.98. The predicted molar refractivity (Wildman–Crippen MR) is 73.9 cm³/mol. The van der Waals surface area contributed by atoms with E-state index in [2.05, 4.69) is 21.2 Å². The molecular formula is C14H16BrF2NO. The van der Waals surface area contributed by atoms with Crippen molar-refractivity contribution < 1.29 is 13.6 Å². The van der Waals surface area contributed by atoms with Gasteiger partial charge in [0.2, 0.25) is 5.91 Å². The number of carbonyl (C=O) groups is 1. The molecule has 2 nitrogen and oxygen atoms in total. The molecule has 104 valence electrons. The lowest BCUT2D eigenvalue weighted by molar-refractivity contribution is -0.116. The number of hydrogen-bond acceptors (Lipinski definition) is 1. The third-order valence-electron chi connectivity index (χ3n) is 3.53. The number of benzene rings is 1. The zero-order chi connectivity index (χ0) is 13.8. The molecule has 1 aliphatic rings. The van der Waals surface area contributed by atoms with Crippen molar-refractivity contribution in [3.8, 4) is 0 Å². The van der Waals surface area contributed by atoms with E-state index >= 15 is 0 Å². The summed E-state index contributed by atoms with van der Waals surface area (Å²) in [6.45, 7) is 0. The fourth-order valence-corrected chi connectivity index (χ4v) is 2.90. The van der Waals surface area contributed by atoms with Gasteiger partial charge in [0.25, 0.3) is 0 Å². The molecule has 0 saturated heterocycles. The SMILES string of the molecule is O=C(CCC1CCCC1)Nc1c(F)cc(Br)cc1F. The van der Waals surface area contributed by atoms with Gasteiger partial charge in [-0.15, -0.1) is 0 Å². The van der Waals surface area contributed by atoms with Crippen LogP contribution in [0.3, 0.4) is 0 Å². The number of halogens is 3. The Hall–Kier alpha value is -0.970. The first-order chi connectivity index (χ1) is 9.06. The Balaban J connectivity index is 1.91. The number of anilines is 1. The Labute approximate surface area is 119 Å². The molecule has 5 heteroatoms. The predicted octanol–water partition coefficient (Wildman–Crippen LogP) is 4.64. The highest BCUT2D eigenvalue weighted by atomic mass is 79.9. The largest absolute Gasteiger partial charge is 0.321 e. The molecule has 0 heterocycles. The molecule has 2 rings (SSSR count). The van der Waals surface area contributed by atoms with Crippen LogP contribution >= 0.6 is 15.9 Å². The van der Waals surface area contributed by atoms with Crippen molar-refractivity contribution in [3.63, 3.8) is 0 Å². The molecule has 0 unspecified atom stereocenters. The molecule has 1 aromatic carbocycles. The number of amides is 1. The summed E-state index contributed by atoms with van der Waals surface area (Å²) in [6, 6.07) is 2.27. The Morgan fingerprint density at radius 3 is 2.42 bits per heavy atom. The van der Waals surface area contributed by atoms with E-state index in [4.69, 9.17) is 0 Å². The molecule has 0 bridgehead atoms. The van der Waals surface area contributed by atoms with Crippen LogP contribution in [0.15, 0.2) is 16.6 Å². The summed E-state index contributed by atoms with van der Waals surface area (Å²) >= 11 is 3.00. The highest BCUT2D eigenvalue weighted by Gasteiger charge is 2.18. The van der Waals surface area contributed by atoms with Crippen molar-refractivity contribution in [2.75, 3.05) is 5.32 Å². The monoisotopic (exact) mass is 331 g/mol. The van der Waals surface area contributed by atoms with E-state index in [1.165, 1.54) is 12.8 Å². The first-order valence-electron chi connectivity index (χ1n) is 6.50. The van der Waals surface area contributed by atoms with Gasteiger partial charge in [0, 0.05) is 10.9 Å². The van der Waals surface area contributed by atoms with E-state index < -0.39 is 11.6 Å². The van der Waals surface area contributed by atoms with Crippen molar-refractivity contribution in [1.29, 1.82) is 0 Å². The lowest BCUT2D eigenvalue weighted by Gasteiger charge is -2.10. The summed E-state index contributed by atoms with van der Waals surface area (Å²) in [5.74, 6) is -1.26.